The Labute approximate surface area is 198 Å². The molecule has 176 valence electrons. The number of likely N-dealkylation sites (tertiary alicyclic amines) is 1. The monoisotopic (exact) mass is 472 g/mol. The Hall–Kier alpha value is -3.26. The second kappa shape index (κ2) is 11.6. The van der Waals surface area contributed by atoms with Gasteiger partial charge >= 0.3 is 6.03 Å². The minimum atomic E-state index is -0.722. The third kappa shape index (κ3) is 6.86. The van der Waals surface area contributed by atoms with Crippen molar-refractivity contribution in [2.45, 2.75) is 38.3 Å². The van der Waals surface area contributed by atoms with Gasteiger partial charge in [0.15, 0.2) is 0 Å². The van der Waals surface area contributed by atoms with E-state index in [0.29, 0.717) is 48.8 Å². The van der Waals surface area contributed by atoms with Crippen LogP contribution in [0.3, 0.4) is 0 Å². The lowest BCUT2D eigenvalue weighted by Crippen LogP contribution is -2.53. The molecular formula is C24H29ClN4O4. The number of hydrogen-bond donors (Lipinski definition) is 3. The van der Waals surface area contributed by atoms with E-state index < -0.39 is 6.04 Å². The van der Waals surface area contributed by atoms with Crippen LogP contribution in [-0.2, 0) is 16.0 Å². The third-order valence-electron chi connectivity index (χ3n) is 5.55. The summed E-state index contributed by atoms with van der Waals surface area (Å²) in [5.41, 5.74) is 1.40. The Bertz CT molecular complexity index is 992. The van der Waals surface area contributed by atoms with Crippen LogP contribution in [0.1, 0.15) is 25.3 Å². The summed E-state index contributed by atoms with van der Waals surface area (Å²) in [6, 6.07) is 13.4. The fourth-order valence-electron chi connectivity index (χ4n) is 3.83. The lowest BCUT2D eigenvalue weighted by atomic mass is 10.0. The van der Waals surface area contributed by atoms with Crippen LogP contribution in [0, 0.1) is 0 Å². The Kier molecular flexibility index (Phi) is 8.54. The van der Waals surface area contributed by atoms with Gasteiger partial charge in [-0.3, -0.25) is 9.59 Å². The van der Waals surface area contributed by atoms with Gasteiger partial charge in [-0.05, 0) is 36.6 Å². The van der Waals surface area contributed by atoms with E-state index in [1.54, 1.807) is 36.3 Å². The summed E-state index contributed by atoms with van der Waals surface area (Å²) < 4.78 is 5.37. The van der Waals surface area contributed by atoms with Gasteiger partial charge in [0.25, 0.3) is 0 Å². The van der Waals surface area contributed by atoms with E-state index in [1.165, 1.54) is 6.92 Å². The number of amides is 4. The van der Waals surface area contributed by atoms with Gasteiger partial charge in [-0.1, -0.05) is 41.9 Å². The highest BCUT2D eigenvalue weighted by Gasteiger charge is 2.28. The summed E-state index contributed by atoms with van der Waals surface area (Å²) >= 11 is 6.11. The molecule has 0 aromatic heterocycles. The molecule has 3 N–H and O–H groups in total. The van der Waals surface area contributed by atoms with Crippen molar-refractivity contribution in [3.05, 3.63) is 59.1 Å². The first-order valence-corrected chi connectivity index (χ1v) is 11.2. The molecule has 8 nitrogen and oxygen atoms in total. The molecule has 1 fully saturated rings. The van der Waals surface area contributed by atoms with Crippen molar-refractivity contribution in [2.75, 3.05) is 25.5 Å². The SMILES string of the molecule is COc1ccccc1C[C@@H](NC(C)=O)C(=O)NC1CCN(C(=O)Nc2ccccc2Cl)CC1. The van der Waals surface area contributed by atoms with Crippen LogP contribution in [0.5, 0.6) is 5.75 Å². The number of hydrogen-bond acceptors (Lipinski definition) is 4. The van der Waals surface area contributed by atoms with Crippen LogP contribution < -0.4 is 20.7 Å². The number of rotatable bonds is 7. The predicted molar refractivity (Wildman–Crippen MR) is 128 cm³/mol. The Morgan fingerprint density at radius 3 is 2.42 bits per heavy atom. The van der Waals surface area contributed by atoms with Crippen molar-refractivity contribution < 1.29 is 19.1 Å². The maximum Gasteiger partial charge on any atom is 0.321 e. The molecule has 1 heterocycles. The van der Waals surface area contributed by atoms with Gasteiger partial charge in [-0.25, -0.2) is 4.79 Å². The Morgan fingerprint density at radius 2 is 1.76 bits per heavy atom. The molecule has 1 aliphatic heterocycles. The van der Waals surface area contributed by atoms with Crippen LogP contribution in [0.25, 0.3) is 0 Å². The lowest BCUT2D eigenvalue weighted by Gasteiger charge is -2.33. The number of carbonyl (C=O) groups is 3. The van der Waals surface area contributed by atoms with Crippen molar-refractivity contribution >= 4 is 35.1 Å². The molecule has 4 amide bonds. The summed E-state index contributed by atoms with van der Waals surface area (Å²) in [6.07, 6.45) is 1.54. The van der Waals surface area contributed by atoms with Crippen molar-refractivity contribution in [1.82, 2.24) is 15.5 Å². The predicted octanol–water partition coefficient (Wildman–Crippen LogP) is 3.21. The topological polar surface area (TPSA) is 99.8 Å². The standard InChI is InChI=1S/C24H29ClN4O4/c1-16(30)26-21(15-17-7-3-6-10-22(17)33-2)23(31)27-18-11-13-29(14-12-18)24(32)28-20-9-5-4-8-19(20)25/h3-10,18,21H,11-15H2,1-2H3,(H,26,30)(H,27,31)(H,28,32)/t21-/m1/s1. The minimum absolute atomic E-state index is 0.0872. The zero-order valence-corrected chi connectivity index (χ0v) is 19.5. The normalized spacial score (nSPS) is 14.8. The number of benzene rings is 2. The van der Waals surface area contributed by atoms with Crippen molar-refractivity contribution in [1.29, 1.82) is 0 Å². The molecule has 9 heteroatoms. The number of nitrogens with one attached hydrogen (secondary N) is 3. The average Bonchev–Trinajstić information content (AvgIpc) is 2.80. The number of anilines is 1. The summed E-state index contributed by atoms with van der Waals surface area (Å²) in [5, 5.41) is 9.06. The molecule has 0 radical (unpaired) electrons. The summed E-state index contributed by atoms with van der Waals surface area (Å²) in [7, 11) is 1.57. The van der Waals surface area contributed by atoms with E-state index >= 15 is 0 Å². The molecule has 0 bridgehead atoms. The Morgan fingerprint density at radius 1 is 1.09 bits per heavy atom. The molecule has 0 spiro atoms. The number of urea groups is 1. The summed E-state index contributed by atoms with van der Waals surface area (Å²) in [6.45, 7) is 2.38. The van der Waals surface area contributed by atoms with Gasteiger partial charge in [0.2, 0.25) is 11.8 Å². The van der Waals surface area contributed by atoms with E-state index in [-0.39, 0.29) is 23.9 Å². The highest BCUT2D eigenvalue weighted by Crippen LogP contribution is 2.22. The fourth-order valence-corrected chi connectivity index (χ4v) is 4.01. The van der Waals surface area contributed by atoms with Crippen molar-refractivity contribution in [2.24, 2.45) is 0 Å². The first-order valence-electron chi connectivity index (χ1n) is 10.9. The number of para-hydroxylation sites is 2. The number of halogens is 1. The molecular weight excluding hydrogens is 444 g/mol. The maximum atomic E-state index is 13.0. The molecule has 1 atom stereocenters. The largest absolute Gasteiger partial charge is 0.496 e. The molecule has 1 aliphatic rings. The van der Waals surface area contributed by atoms with Gasteiger partial charge in [-0.2, -0.15) is 0 Å². The second-order valence-corrected chi connectivity index (χ2v) is 8.36. The zero-order valence-electron chi connectivity index (χ0n) is 18.8. The van der Waals surface area contributed by atoms with Gasteiger partial charge in [0.1, 0.15) is 11.8 Å². The summed E-state index contributed by atoms with van der Waals surface area (Å²) in [4.78, 5) is 38.9. The zero-order chi connectivity index (χ0) is 23.8. The van der Waals surface area contributed by atoms with Crippen LogP contribution >= 0.6 is 11.6 Å². The van der Waals surface area contributed by atoms with E-state index in [2.05, 4.69) is 16.0 Å². The van der Waals surface area contributed by atoms with Crippen LogP contribution in [0.2, 0.25) is 5.02 Å². The van der Waals surface area contributed by atoms with E-state index in [4.69, 9.17) is 16.3 Å². The maximum absolute atomic E-state index is 13.0. The van der Waals surface area contributed by atoms with Crippen LogP contribution in [-0.4, -0.2) is 55.0 Å². The fraction of sp³-hybridized carbons (Fsp3) is 0.375. The lowest BCUT2D eigenvalue weighted by molar-refractivity contribution is -0.128. The first-order chi connectivity index (χ1) is 15.9. The molecule has 2 aromatic carbocycles. The highest BCUT2D eigenvalue weighted by atomic mass is 35.5. The quantitative estimate of drug-likeness (QED) is 0.576. The second-order valence-electron chi connectivity index (χ2n) is 7.95. The van der Waals surface area contributed by atoms with E-state index in [9.17, 15) is 14.4 Å². The van der Waals surface area contributed by atoms with Crippen molar-refractivity contribution in [3.8, 4) is 5.75 Å². The minimum Gasteiger partial charge on any atom is -0.496 e. The van der Waals surface area contributed by atoms with Gasteiger partial charge in [-0.15, -0.1) is 0 Å². The molecule has 2 aromatic rings. The van der Waals surface area contributed by atoms with Gasteiger partial charge in [0.05, 0.1) is 17.8 Å². The third-order valence-corrected chi connectivity index (χ3v) is 5.88. The van der Waals surface area contributed by atoms with Gasteiger partial charge < -0.3 is 25.6 Å². The molecule has 33 heavy (non-hydrogen) atoms. The number of nitrogens with zero attached hydrogens (tertiary/aromatic N) is 1. The van der Waals surface area contributed by atoms with Crippen molar-refractivity contribution in [3.63, 3.8) is 0 Å². The number of piperidine rings is 1. The highest BCUT2D eigenvalue weighted by molar-refractivity contribution is 6.33. The molecule has 0 aliphatic carbocycles. The van der Waals surface area contributed by atoms with E-state index in [1.807, 2.05) is 24.3 Å². The molecule has 0 unspecified atom stereocenters. The summed E-state index contributed by atoms with van der Waals surface area (Å²) in [5.74, 6) is 0.129. The van der Waals surface area contributed by atoms with Gasteiger partial charge in [0, 0.05) is 32.5 Å². The number of methoxy groups -OCH3 is 1. The average molecular weight is 473 g/mol. The van der Waals surface area contributed by atoms with Crippen LogP contribution in [0.15, 0.2) is 48.5 Å². The molecule has 1 saturated heterocycles. The first kappa shape index (κ1) is 24.4. The molecule has 0 saturated carbocycles. The smallest absolute Gasteiger partial charge is 0.321 e. The Balaban J connectivity index is 1.55. The number of ether oxygens (including phenoxy) is 1. The van der Waals surface area contributed by atoms with Crippen LogP contribution in [0.4, 0.5) is 10.5 Å². The number of carbonyl (C=O) groups excluding carboxylic acids is 3. The van der Waals surface area contributed by atoms with E-state index in [0.717, 1.165) is 5.56 Å². The molecule has 3 rings (SSSR count).